The number of aliphatic imine (C=N–C) groups is 1. The number of rotatable bonds is 7. The molecule has 0 saturated heterocycles. The van der Waals surface area contributed by atoms with E-state index in [-0.39, 0.29) is 0 Å². The van der Waals surface area contributed by atoms with Crippen molar-refractivity contribution in [3.05, 3.63) is 53.6 Å². The van der Waals surface area contributed by atoms with Crippen LogP contribution < -0.4 is 15.5 Å². The summed E-state index contributed by atoms with van der Waals surface area (Å²) in [4.78, 5) is 27.8. The number of aromatic nitrogens is 2. The zero-order chi connectivity index (χ0) is 22.7. The Kier molecular flexibility index (Phi) is 6.48. The van der Waals surface area contributed by atoms with Crippen molar-refractivity contribution in [3.63, 3.8) is 0 Å². The van der Waals surface area contributed by atoms with E-state index in [9.17, 15) is 4.79 Å². The van der Waals surface area contributed by atoms with Gasteiger partial charge in [-0.1, -0.05) is 34.6 Å². The third kappa shape index (κ3) is 5.12. The SMILES string of the molecule is Cc1ccc(N(C)c2ccc3nc(NC4=NCCC(CN[C@@H](C)C(=O)O)=C4)sc3n2)cc1. The Balaban J connectivity index is 1.46. The van der Waals surface area contributed by atoms with E-state index in [0.29, 0.717) is 13.1 Å². The van der Waals surface area contributed by atoms with E-state index >= 15 is 0 Å². The molecule has 0 unspecified atom stereocenters. The quantitative estimate of drug-likeness (QED) is 0.500. The van der Waals surface area contributed by atoms with Gasteiger partial charge >= 0.3 is 5.97 Å². The van der Waals surface area contributed by atoms with Crippen LogP contribution in [0.1, 0.15) is 18.9 Å². The molecule has 1 aliphatic rings. The first-order chi connectivity index (χ1) is 15.4. The second kappa shape index (κ2) is 9.46. The van der Waals surface area contributed by atoms with Crippen molar-refractivity contribution in [2.75, 3.05) is 30.4 Å². The minimum absolute atomic E-state index is 0.518. The van der Waals surface area contributed by atoms with Crippen molar-refractivity contribution in [2.45, 2.75) is 26.3 Å². The molecule has 9 heteroatoms. The summed E-state index contributed by atoms with van der Waals surface area (Å²) >= 11 is 1.48. The first-order valence-corrected chi connectivity index (χ1v) is 11.3. The minimum atomic E-state index is -0.859. The van der Waals surface area contributed by atoms with Gasteiger partial charge in [0.15, 0.2) is 5.13 Å². The number of dihydropyridines is 1. The van der Waals surface area contributed by atoms with Gasteiger partial charge in [0.25, 0.3) is 0 Å². The maximum Gasteiger partial charge on any atom is 0.320 e. The average Bonchev–Trinajstić information content (AvgIpc) is 3.19. The molecule has 0 radical (unpaired) electrons. The van der Waals surface area contributed by atoms with Gasteiger partial charge in [0, 0.05) is 25.8 Å². The van der Waals surface area contributed by atoms with Crippen LogP contribution in [0.15, 0.2) is 53.0 Å². The molecular weight excluding hydrogens is 424 g/mol. The van der Waals surface area contributed by atoms with Gasteiger partial charge in [0.2, 0.25) is 0 Å². The van der Waals surface area contributed by atoms with Crippen LogP contribution in [0.4, 0.5) is 16.6 Å². The van der Waals surface area contributed by atoms with E-state index in [1.54, 1.807) is 6.92 Å². The molecule has 2 aromatic heterocycles. The molecule has 8 nitrogen and oxygen atoms in total. The van der Waals surface area contributed by atoms with Crippen LogP contribution >= 0.6 is 11.3 Å². The van der Waals surface area contributed by atoms with Gasteiger partial charge < -0.3 is 20.6 Å². The second-order valence-corrected chi connectivity index (χ2v) is 8.77. The molecular formula is C23H26N6O2S. The monoisotopic (exact) mass is 450 g/mol. The summed E-state index contributed by atoms with van der Waals surface area (Å²) in [6.07, 6.45) is 2.77. The van der Waals surface area contributed by atoms with Gasteiger partial charge in [-0.2, -0.15) is 0 Å². The Morgan fingerprint density at radius 2 is 2.00 bits per heavy atom. The van der Waals surface area contributed by atoms with Crippen molar-refractivity contribution < 1.29 is 9.90 Å². The van der Waals surface area contributed by atoms with Crippen molar-refractivity contribution >= 4 is 50.1 Å². The van der Waals surface area contributed by atoms with Gasteiger partial charge in [-0.25, -0.2) is 9.97 Å². The van der Waals surface area contributed by atoms with E-state index in [1.807, 2.05) is 25.3 Å². The average molecular weight is 451 g/mol. The number of carbonyl (C=O) groups is 1. The zero-order valence-corrected chi connectivity index (χ0v) is 19.1. The third-order valence-corrected chi connectivity index (χ3v) is 6.18. The summed E-state index contributed by atoms with van der Waals surface area (Å²) in [5.74, 6) is 0.724. The number of nitrogens with one attached hydrogen (secondary N) is 2. The summed E-state index contributed by atoms with van der Waals surface area (Å²) < 4.78 is 0. The smallest absolute Gasteiger partial charge is 0.320 e. The number of aryl methyl sites for hydroxylation is 1. The number of thiazole rings is 1. The number of amidine groups is 1. The normalized spacial score (nSPS) is 14.6. The molecule has 0 bridgehead atoms. The van der Waals surface area contributed by atoms with Gasteiger partial charge in [0.1, 0.15) is 28.0 Å². The van der Waals surface area contributed by atoms with E-state index in [2.05, 4.69) is 56.7 Å². The van der Waals surface area contributed by atoms with E-state index in [1.165, 1.54) is 16.9 Å². The van der Waals surface area contributed by atoms with Crippen LogP contribution in [-0.2, 0) is 4.79 Å². The lowest BCUT2D eigenvalue weighted by molar-refractivity contribution is -0.138. The fourth-order valence-corrected chi connectivity index (χ4v) is 4.12. The van der Waals surface area contributed by atoms with Crippen LogP contribution in [0.5, 0.6) is 0 Å². The molecule has 0 amide bonds. The molecule has 1 atom stereocenters. The molecule has 166 valence electrons. The highest BCUT2D eigenvalue weighted by atomic mass is 32.1. The maximum absolute atomic E-state index is 11.0. The van der Waals surface area contributed by atoms with Crippen molar-refractivity contribution in [1.82, 2.24) is 15.3 Å². The van der Waals surface area contributed by atoms with Crippen LogP contribution in [-0.4, -0.2) is 53.1 Å². The maximum atomic E-state index is 11.0. The molecule has 1 aromatic carbocycles. The topological polar surface area (TPSA) is 103 Å². The first kappa shape index (κ1) is 21.9. The lowest BCUT2D eigenvalue weighted by Gasteiger charge is -2.18. The molecule has 3 aromatic rings. The molecule has 0 spiro atoms. The highest BCUT2D eigenvalue weighted by molar-refractivity contribution is 7.22. The van der Waals surface area contributed by atoms with Crippen LogP contribution in [0.3, 0.4) is 0 Å². The molecule has 0 aliphatic carbocycles. The predicted octanol–water partition coefficient (Wildman–Crippen LogP) is 3.97. The number of carboxylic acid groups (broad SMARTS) is 1. The third-order valence-electron chi connectivity index (χ3n) is 5.30. The fourth-order valence-electron chi connectivity index (χ4n) is 3.28. The number of hydrogen-bond acceptors (Lipinski definition) is 8. The molecule has 32 heavy (non-hydrogen) atoms. The van der Waals surface area contributed by atoms with Gasteiger partial charge in [0.05, 0.1) is 0 Å². The van der Waals surface area contributed by atoms with Gasteiger partial charge in [-0.3, -0.25) is 9.79 Å². The molecule has 4 rings (SSSR count). The Morgan fingerprint density at radius 3 is 2.75 bits per heavy atom. The van der Waals surface area contributed by atoms with Crippen molar-refractivity contribution in [3.8, 4) is 0 Å². The zero-order valence-electron chi connectivity index (χ0n) is 18.3. The molecule has 0 fully saturated rings. The molecule has 0 saturated carbocycles. The minimum Gasteiger partial charge on any atom is -0.480 e. The van der Waals surface area contributed by atoms with E-state index in [4.69, 9.17) is 10.1 Å². The van der Waals surface area contributed by atoms with Gasteiger partial charge in [-0.05, 0) is 50.6 Å². The summed E-state index contributed by atoms with van der Waals surface area (Å²) in [6, 6.07) is 11.7. The van der Waals surface area contributed by atoms with E-state index in [0.717, 1.165) is 44.8 Å². The highest BCUT2D eigenvalue weighted by Gasteiger charge is 2.14. The number of aliphatic carboxylic acids is 1. The van der Waals surface area contributed by atoms with Crippen LogP contribution in [0, 0.1) is 6.92 Å². The lowest BCUT2D eigenvalue weighted by atomic mass is 10.1. The summed E-state index contributed by atoms with van der Waals surface area (Å²) in [7, 11) is 2.00. The van der Waals surface area contributed by atoms with Crippen molar-refractivity contribution in [2.24, 2.45) is 4.99 Å². The molecule has 3 N–H and O–H groups in total. The second-order valence-electron chi connectivity index (χ2n) is 7.79. The summed E-state index contributed by atoms with van der Waals surface area (Å²) in [5, 5.41) is 16.0. The number of anilines is 3. The first-order valence-electron chi connectivity index (χ1n) is 10.4. The van der Waals surface area contributed by atoms with Gasteiger partial charge in [-0.15, -0.1) is 0 Å². The predicted molar refractivity (Wildman–Crippen MR) is 130 cm³/mol. The van der Waals surface area contributed by atoms with Crippen molar-refractivity contribution in [1.29, 1.82) is 0 Å². The number of benzene rings is 1. The summed E-state index contributed by atoms with van der Waals surface area (Å²) in [6.45, 7) is 4.88. The Hall–Kier alpha value is -3.30. The number of carboxylic acids is 1. The number of pyridine rings is 1. The number of nitrogens with zero attached hydrogens (tertiary/aromatic N) is 4. The Morgan fingerprint density at radius 1 is 1.22 bits per heavy atom. The molecule has 1 aliphatic heterocycles. The fraction of sp³-hybridized carbons (Fsp3) is 0.304. The summed E-state index contributed by atoms with van der Waals surface area (Å²) in [5.41, 5.74) is 4.23. The standard InChI is InChI=1S/C23H26N6O2S/c1-14-4-6-17(7-5-14)29(3)20-9-8-18-21(28-20)32-23(26-18)27-19-12-16(10-11-24-19)13-25-15(2)22(30)31/h4-9,12,15,25H,10-11,13H2,1-3H3,(H,30,31)(H,24,26,27)/t15-/m0/s1. The van der Waals surface area contributed by atoms with Crippen LogP contribution in [0.25, 0.3) is 10.3 Å². The largest absolute Gasteiger partial charge is 0.480 e. The molecule has 3 heterocycles. The lowest BCUT2D eigenvalue weighted by Crippen LogP contribution is -2.35. The Bertz CT molecular complexity index is 1180. The van der Waals surface area contributed by atoms with Crippen LogP contribution in [0.2, 0.25) is 0 Å². The number of fused-ring (bicyclic) bond motifs is 1. The van der Waals surface area contributed by atoms with E-state index < -0.39 is 12.0 Å². The highest BCUT2D eigenvalue weighted by Crippen LogP contribution is 2.29. The number of hydrogen-bond donors (Lipinski definition) is 3. The Labute approximate surface area is 190 Å².